The van der Waals surface area contributed by atoms with Crippen molar-refractivity contribution in [2.45, 2.75) is 32.4 Å². The van der Waals surface area contributed by atoms with E-state index >= 15 is 0 Å². The molecule has 0 aromatic rings. The van der Waals surface area contributed by atoms with Crippen LogP contribution >= 0.6 is 0 Å². The highest BCUT2D eigenvalue weighted by Gasteiger charge is 2.21. The lowest BCUT2D eigenvalue weighted by Gasteiger charge is -2.38. The van der Waals surface area contributed by atoms with Gasteiger partial charge in [0.05, 0.1) is 12.7 Å². The van der Waals surface area contributed by atoms with Crippen molar-refractivity contribution in [2.24, 2.45) is 0 Å². The minimum absolute atomic E-state index is 0.164. The number of nitrogens with zero attached hydrogens (tertiary/aromatic N) is 2. The van der Waals surface area contributed by atoms with Gasteiger partial charge in [0.2, 0.25) is 0 Å². The van der Waals surface area contributed by atoms with Crippen LogP contribution in [-0.2, 0) is 4.74 Å². The van der Waals surface area contributed by atoms with Crippen LogP contribution in [0.1, 0.15) is 20.3 Å². The van der Waals surface area contributed by atoms with Crippen LogP contribution in [-0.4, -0.2) is 73.5 Å². The lowest BCUT2D eigenvalue weighted by atomic mass is 10.2. The van der Waals surface area contributed by atoms with Crippen molar-refractivity contribution in [2.75, 3.05) is 46.4 Å². The SMILES string of the molecule is CC[C@@H](O)CN1CCN([C@@H](C)COC)CC1. The van der Waals surface area contributed by atoms with Crippen LogP contribution in [0.2, 0.25) is 0 Å². The molecule has 1 rings (SSSR count). The Morgan fingerprint density at radius 1 is 1.25 bits per heavy atom. The second kappa shape index (κ2) is 7.22. The highest BCUT2D eigenvalue weighted by atomic mass is 16.5. The largest absolute Gasteiger partial charge is 0.392 e. The highest BCUT2D eigenvalue weighted by molar-refractivity contribution is 4.77. The normalized spacial score (nSPS) is 23.2. The molecule has 1 heterocycles. The fourth-order valence-corrected chi connectivity index (χ4v) is 2.16. The Hall–Kier alpha value is -0.160. The molecule has 0 radical (unpaired) electrons. The number of ether oxygens (including phenoxy) is 1. The van der Waals surface area contributed by atoms with E-state index in [1.54, 1.807) is 7.11 Å². The number of methoxy groups -OCH3 is 1. The maximum absolute atomic E-state index is 9.59. The molecule has 1 N–H and O–H groups in total. The molecule has 0 unspecified atom stereocenters. The van der Waals surface area contributed by atoms with Crippen LogP contribution in [0, 0.1) is 0 Å². The molecule has 1 aliphatic heterocycles. The van der Waals surface area contributed by atoms with E-state index in [2.05, 4.69) is 16.7 Å². The molecule has 16 heavy (non-hydrogen) atoms. The maximum atomic E-state index is 9.59. The van der Waals surface area contributed by atoms with E-state index < -0.39 is 0 Å². The number of piperazine rings is 1. The summed E-state index contributed by atoms with van der Waals surface area (Å²) in [6.07, 6.45) is 0.684. The number of β-amino-alcohol motifs (C(OH)–C–C–N with tert-alkyl or cyclic N) is 1. The number of hydrogen-bond acceptors (Lipinski definition) is 4. The molecule has 1 saturated heterocycles. The van der Waals surface area contributed by atoms with Gasteiger partial charge in [0.1, 0.15) is 0 Å². The lowest BCUT2D eigenvalue weighted by molar-refractivity contribution is 0.0366. The molecule has 1 aliphatic rings. The number of aliphatic hydroxyl groups excluding tert-OH is 1. The van der Waals surface area contributed by atoms with E-state index in [1.165, 1.54) is 0 Å². The lowest BCUT2D eigenvalue weighted by Crippen LogP contribution is -2.52. The summed E-state index contributed by atoms with van der Waals surface area (Å²) in [5.74, 6) is 0. The maximum Gasteiger partial charge on any atom is 0.0664 e. The van der Waals surface area contributed by atoms with Crippen molar-refractivity contribution in [1.29, 1.82) is 0 Å². The van der Waals surface area contributed by atoms with Gasteiger partial charge in [0.15, 0.2) is 0 Å². The van der Waals surface area contributed by atoms with Crippen molar-refractivity contribution in [3.8, 4) is 0 Å². The summed E-state index contributed by atoms with van der Waals surface area (Å²) in [6, 6.07) is 0.503. The second-order valence-electron chi connectivity index (χ2n) is 4.70. The third-order valence-corrected chi connectivity index (χ3v) is 3.38. The minimum Gasteiger partial charge on any atom is -0.392 e. The van der Waals surface area contributed by atoms with Gasteiger partial charge in [-0.2, -0.15) is 0 Å². The molecular weight excluding hydrogens is 204 g/mol. The molecule has 2 atom stereocenters. The summed E-state index contributed by atoms with van der Waals surface area (Å²) in [4.78, 5) is 4.81. The summed E-state index contributed by atoms with van der Waals surface area (Å²) in [5.41, 5.74) is 0. The van der Waals surface area contributed by atoms with E-state index in [-0.39, 0.29) is 6.10 Å². The predicted molar refractivity (Wildman–Crippen MR) is 65.6 cm³/mol. The average molecular weight is 230 g/mol. The zero-order valence-corrected chi connectivity index (χ0v) is 10.9. The van der Waals surface area contributed by atoms with Gasteiger partial charge in [0, 0.05) is 45.9 Å². The summed E-state index contributed by atoms with van der Waals surface area (Å²) in [7, 11) is 1.75. The van der Waals surface area contributed by atoms with Gasteiger partial charge < -0.3 is 9.84 Å². The van der Waals surface area contributed by atoms with Crippen molar-refractivity contribution in [3.63, 3.8) is 0 Å². The second-order valence-corrected chi connectivity index (χ2v) is 4.70. The van der Waals surface area contributed by atoms with Gasteiger partial charge >= 0.3 is 0 Å². The van der Waals surface area contributed by atoms with E-state index in [0.29, 0.717) is 6.04 Å². The summed E-state index contributed by atoms with van der Waals surface area (Å²) < 4.78 is 5.17. The fraction of sp³-hybridized carbons (Fsp3) is 1.00. The molecule has 1 fully saturated rings. The van der Waals surface area contributed by atoms with E-state index in [9.17, 15) is 5.11 Å². The standard InChI is InChI=1S/C12H26N2O2/c1-4-12(15)9-13-5-7-14(8-6-13)11(2)10-16-3/h11-12,15H,4-10H2,1-3H3/t11-,12+/m0/s1. The van der Waals surface area contributed by atoms with Crippen LogP contribution in [0.15, 0.2) is 0 Å². The first-order valence-corrected chi connectivity index (χ1v) is 6.30. The Morgan fingerprint density at radius 2 is 1.88 bits per heavy atom. The molecule has 0 aromatic heterocycles. The molecule has 0 aromatic carbocycles. The van der Waals surface area contributed by atoms with Gasteiger partial charge in [-0.15, -0.1) is 0 Å². The van der Waals surface area contributed by atoms with E-state index in [0.717, 1.165) is 45.8 Å². The molecular formula is C12H26N2O2. The summed E-state index contributed by atoms with van der Waals surface area (Å²) >= 11 is 0. The van der Waals surface area contributed by atoms with E-state index in [4.69, 9.17) is 4.74 Å². The van der Waals surface area contributed by atoms with Crippen LogP contribution in [0.3, 0.4) is 0 Å². The van der Waals surface area contributed by atoms with Gasteiger partial charge in [-0.1, -0.05) is 6.92 Å². The Kier molecular flexibility index (Phi) is 6.28. The third kappa shape index (κ3) is 4.37. The van der Waals surface area contributed by atoms with Gasteiger partial charge in [-0.25, -0.2) is 0 Å². The van der Waals surface area contributed by atoms with Crippen LogP contribution < -0.4 is 0 Å². The molecule has 96 valence electrons. The predicted octanol–water partition coefficient (Wildman–Crippen LogP) is 0.410. The fourth-order valence-electron chi connectivity index (χ4n) is 2.16. The Bertz CT molecular complexity index is 182. The first-order valence-electron chi connectivity index (χ1n) is 6.30. The van der Waals surface area contributed by atoms with E-state index in [1.807, 2.05) is 6.92 Å². The molecule has 0 bridgehead atoms. The van der Waals surface area contributed by atoms with Crippen molar-refractivity contribution in [3.05, 3.63) is 0 Å². The topological polar surface area (TPSA) is 35.9 Å². The highest BCUT2D eigenvalue weighted by Crippen LogP contribution is 2.07. The van der Waals surface area contributed by atoms with Crippen molar-refractivity contribution >= 4 is 0 Å². The van der Waals surface area contributed by atoms with Gasteiger partial charge in [-0.3, -0.25) is 9.80 Å². The zero-order chi connectivity index (χ0) is 12.0. The Balaban J connectivity index is 2.23. The Morgan fingerprint density at radius 3 is 2.38 bits per heavy atom. The van der Waals surface area contributed by atoms with Gasteiger partial charge in [-0.05, 0) is 13.3 Å². The average Bonchev–Trinajstić information content (AvgIpc) is 2.30. The molecule has 0 aliphatic carbocycles. The number of rotatable bonds is 6. The van der Waals surface area contributed by atoms with Gasteiger partial charge in [0.25, 0.3) is 0 Å². The smallest absolute Gasteiger partial charge is 0.0664 e. The number of hydrogen-bond donors (Lipinski definition) is 1. The summed E-state index contributed by atoms with van der Waals surface area (Å²) in [6.45, 7) is 10.2. The number of aliphatic hydroxyl groups is 1. The molecule has 4 heteroatoms. The van der Waals surface area contributed by atoms with Crippen molar-refractivity contribution < 1.29 is 9.84 Å². The quantitative estimate of drug-likeness (QED) is 0.717. The monoisotopic (exact) mass is 230 g/mol. The third-order valence-electron chi connectivity index (χ3n) is 3.38. The first kappa shape index (κ1) is 13.9. The van der Waals surface area contributed by atoms with Crippen LogP contribution in [0.5, 0.6) is 0 Å². The van der Waals surface area contributed by atoms with Crippen LogP contribution in [0.4, 0.5) is 0 Å². The molecule has 0 spiro atoms. The molecule has 0 amide bonds. The van der Waals surface area contributed by atoms with Crippen LogP contribution in [0.25, 0.3) is 0 Å². The minimum atomic E-state index is -0.164. The first-order chi connectivity index (χ1) is 7.67. The zero-order valence-electron chi connectivity index (χ0n) is 10.9. The molecule has 0 saturated carbocycles. The Labute approximate surface area is 99.2 Å². The summed E-state index contributed by atoms with van der Waals surface area (Å²) in [5, 5.41) is 9.59. The molecule has 4 nitrogen and oxygen atoms in total. The van der Waals surface area contributed by atoms with Crippen molar-refractivity contribution in [1.82, 2.24) is 9.80 Å².